The van der Waals surface area contributed by atoms with Crippen molar-refractivity contribution in [1.82, 2.24) is 25.0 Å². The summed E-state index contributed by atoms with van der Waals surface area (Å²) >= 11 is 0. The summed E-state index contributed by atoms with van der Waals surface area (Å²) in [5, 5.41) is 6.46. The van der Waals surface area contributed by atoms with Crippen molar-refractivity contribution in [2.45, 2.75) is 6.18 Å². The van der Waals surface area contributed by atoms with Crippen LogP contribution in [0.1, 0.15) is 5.69 Å². The monoisotopic (exact) mass is 454 g/mol. The van der Waals surface area contributed by atoms with E-state index in [1.807, 2.05) is 6.07 Å². The lowest BCUT2D eigenvalue weighted by molar-refractivity contribution is -0.140. The first-order valence-electron chi connectivity index (χ1n) is 9.47. The van der Waals surface area contributed by atoms with Crippen LogP contribution in [0.2, 0.25) is 0 Å². The number of piperazine rings is 1. The number of hydrogen-bond donors (Lipinski definition) is 1. The molecule has 166 valence electrons. The van der Waals surface area contributed by atoms with Gasteiger partial charge in [-0.2, -0.15) is 18.3 Å². The van der Waals surface area contributed by atoms with E-state index >= 15 is 0 Å². The van der Waals surface area contributed by atoms with Crippen molar-refractivity contribution < 1.29 is 18.0 Å². The van der Waals surface area contributed by atoms with E-state index in [2.05, 4.69) is 20.1 Å². The minimum atomic E-state index is -4.54. The average molecular weight is 455 g/mol. The Kier molecular flexibility index (Phi) is 6.30. The van der Waals surface area contributed by atoms with E-state index in [1.54, 1.807) is 48.3 Å². The van der Waals surface area contributed by atoms with Crippen LogP contribution < -0.4 is 4.90 Å². The van der Waals surface area contributed by atoms with Crippen molar-refractivity contribution in [2.24, 2.45) is 0 Å². The van der Waals surface area contributed by atoms with Gasteiger partial charge in [-0.1, -0.05) is 6.07 Å². The Bertz CT molecular complexity index is 1080. The van der Waals surface area contributed by atoms with Crippen LogP contribution >= 0.6 is 12.4 Å². The minimum Gasteiger partial charge on any atom is -0.367 e. The van der Waals surface area contributed by atoms with Gasteiger partial charge in [0.2, 0.25) is 0 Å². The highest BCUT2D eigenvalue weighted by Gasteiger charge is 2.36. The van der Waals surface area contributed by atoms with E-state index in [1.165, 1.54) is 6.20 Å². The third-order valence-corrected chi connectivity index (χ3v) is 5.21. The zero-order valence-corrected chi connectivity index (χ0v) is 17.8. The number of nitrogens with one attached hydrogen (secondary N) is 1. The summed E-state index contributed by atoms with van der Waals surface area (Å²) in [4.78, 5) is 22.0. The van der Waals surface area contributed by atoms with Crippen LogP contribution in [-0.2, 0) is 6.18 Å². The first-order chi connectivity index (χ1) is 14.3. The van der Waals surface area contributed by atoms with E-state index < -0.39 is 11.9 Å². The summed E-state index contributed by atoms with van der Waals surface area (Å²) in [7, 11) is 3.44. The molecule has 1 aromatic carbocycles. The number of aromatic nitrogens is 3. The number of H-pyrrole nitrogens is 1. The third-order valence-electron chi connectivity index (χ3n) is 5.21. The number of hydrogen-bond acceptors (Lipinski definition) is 4. The fourth-order valence-electron chi connectivity index (χ4n) is 3.72. The second-order valence-electron chi connectivity index (χ2n) is 7.36. The zero-order chi connectivity index (χ0) is 21.5. The molecular weight excluding hydrogens is 433 g/mol. The van der Waals surface area contributed by atoms with Crippen LogP contribution in [0.25, 0.3) is 22.0 Å². The number of carbonyl (C=O) groups is 1. The Morgan fingerprint density at radius 2 is 1.84 bits per heavy atom. The Morgan fingerprint density at radius 1 is 1.13 bits per heavy atom. The van der Waals surface area contributed by atoms with Crippen molar-refractivity contribution >= 4 is 35.0 Å². The van der Waals surface area contributed by atoms with Gasteiger partial charge < -0.3 is 14.7 Å². The molecule has 3 heterocycles. The van der Waals surface area contributed by atoms with Crippen molar-refractivity contribution in [2.75, 3.05) is 45.2 Å². The Hall–Kier alpha value is -3.01. The van der Waals surface area contributed by atoms with Crippen LogP contribution in [0.4, 0.5) is 23.7 Å². The second-order valence-corrected chi connectivity index (χ2v) is 7.36. The van der Waals surface area contributed by atoms with E-state index in [0.717, 1.165) is 11.1 Å². The van der Waals surface area contributed by atoms with Crippen LogP contribution in [0.5, 0.6) is 0 Å². The van der Waals surface area contributed by atoms with E-state index in [4.69, 9.17) is 0 Å². The summed E-state index contributed by atoms with van der Waals surface area (Å²) in [6.07, 6.45) is -1.60. The quantitative estimate of drug-likeness (QED) is 0.638. The standard InChI is InChI=1S/C20H21F3N6O.ClH/c1-27(2)19(30)29-9-7-28(8-10-29)17-5-6-24-16-4-3-13(11-14(16)17)15-12-25-26-18(15)20(21,22)23;/h3-6,11-12H,7-10H2,1-2H3,(H,25,26);1H. The summed E-state index contributed by atoms with van der Waals surface area (Å²) < 4.78 is 39.8. The molecule has 31 heavy (non-hydrogen) atoms. The lowest BCUT2D eigenvalue weighted by Crippen LogP contribution is -2.51. The molecule has 1 saturated heterocycles. The number of carbonyl (C=O) groups excluding carboxylic acids is 1. The first kappa shape index (κ1) is 22.7. The van der Waals surface area contributed by atoms with Gasteiger partial charge in [-0.25, -0.2) is 4.79 Å². The third kappa shape index (κ3) is 4.39. The zero-order valence-electron chi connectivity index (χ0n) is 17.0. The summed E-state index contributed by atoms with van der Waals surface area (Å²) in [6, 6.07) is 6.88. The fourth-order valence-corrected chi connectivity index (χ4v) is 3.72. The molecule has 0 atom stereocenters. The molecular formula is C20H22ClF3N6O. The predicted octanol–water partition coefficient (Wildman–Crippen LogP) is 3.87. The number of fused-ring (bicyclic) bond motifs is 1. The molecule has 2 amide bonds. The number of benzene rings is 1. The van der Waals surface area contributed by atoms with Crippen molar-refractivity contribution in [3.63, 3.8) is 0 Å². The topological polar surface area (TPSA) is 68.4 Å². The number of aromatic amines is 1. The molecule has 3 aromatic rings. The molecule has 7 nitrogen and oxygen atoms in total. The van der Waals surface area contributed by atoms with Gasteiger partial charge in [-0.05, 0) is 23.8 Å². The SMILES string of the molecule is CN(C)C(=O)N1CCN(c2ccnc3ccc(-c4c[nH]nc4C(F)(F)F)cc23)CC1.Cl. The molecule has 1 N–H and O–H groups in total. The van der Waals surface area contributed by atoms with Gasteiger partial charge in [0.1, 0.15) is 0 Å². The van der Waals surface area contributed by atoms with Crippen LogP contribution in [-0.4, -0.2) is 71.3 Å². The number of halogens is 4. The van der Waals surface area contributed by atoms with Gasteiger partial charge in [0, 0.05) is 69.3 Å². The Labute approximate surface area is 183 Å². The van der Waals surface area contributed by atoms with Gasteiger partial charge >= 0.3 is 12.2 Å². The highest BCUT2D eigenvalue weighted by molar-refractivity contribution is 5.95. The number of rotatable bonds is 2. The Morgan fingerprint density at radius 3 is 2.48 bits per heavy atom. The van der Waals surface area contributed by atoms with Gasteiger partial charge in [0.25, 0.3) is 0 Å². The normalized spacial score (nSPS) is 14.5. The van der Waals surface area contributed by atoms with Crippen molar-refractivity contribution in [3.05, 3.63) is 42.4 Å². The molecule has 0 spiro atoms. The van der Waals surface area contributed by atoms with Crippen LogP contribution in [0.3, 0.4) is 0 Å². The second kappa shape index (κ2) is 8.62. The predicted molar refractivity (Wildman–Crippen MR) is 114 cm³/mol. The van der Waals surface area contributed by atoms with Crippen LogP contribution in [0.15, 0.2) is 36.7 Å². The van der Waals surface area contributed by atoms with E-state index in [9.17, 15) is 18.0 Å². The molecule has 1 aliphatic rings. The van der Waals surface area contributed by atoms with E-state index in [0.29, 0.717) is 37.3 Å². The number of nitrogens with zero attached hydrogens (tertiary/aromatic N) is 5. The highest BCUT2D eigenvalue weighted by Crippen LogP contribution is 2.37. The number of urea groups is 1. The highest BCUT2D eigenvalue weighted by atomic mass is 35.5. The summed E-state index contributed by atoms with van der Waals surface area (Å²) in [5.74, 6) is 0. The molecule has 0 unspecified atom stereocenters. The van der Waals surface area contributed by atoms with Crippen molar-refractivity contribution in [3.8, 4) is 11.1 Å². The maximum atomic E-state index is 13.3. The molecule has 0 bridgehead atoms. The lowest BCUT2D eigenvalue weighted by Gasteiger charge is -2.37. The largest absolute Gasteiger partial charge is 0.435 e. The van der Waals surface area contributed by atoms with Crippen molar-refractivity contribution in [1.29, 1.82) is 0 Å². The van der Waals surface area contributed by atoms with Crippen LogP contribution in [0, 0.1) is 0 Å². The lowest BCUT2D eigenvalue weighted by atomic mass is 10.0. The summed E-state index contributed by atoms with van der Waals surface area (Å²) in [5.41, 5.74) is 1.05. The maximum absolute atomic E-state index is 13.3. The van der Waals surface area contributed by atoms with Gasteiger partial charge in [0.05, 0.1) is 5.52 Å². The smallest absolute Gasteiger partial charge is 0.367 e. The number of alkyl halides is 3. The molecule has 0 aliphatic carbocycles. The Balaban J connectivity index is 0.00000272. The summed E-state index contributed by atoms with van der Waals surface area (Å²) in [6.45, 7) is 2.39. The minimum absolute atomic E-state index is 0. The van der Waals surface area contributed by atoms with Gasteiger partial charge in [-0.15, -0.1) is 12.4 Å². The van der Waals surface area contributed by atoms with Gasteiger partial charge in [-0.3, -0.25) is 10.1 Å². The molecule has 4 rings (SSSR count). The molecule has 0 radical (unpaired) electrons. The average Bonchev–Trinajstić information content (AvgIpc) is 3.23. The molecule has 1 fully saturated rings. The number of pyridine rings is 1. The molecule has 11 heteroatoms. The molecule has 0 saturated carbocycles. The number of anilines is 1. The maximum Gasteiger partial charge on any atom is 0.435 e. The molecule has 1 aliphatic heterocycles. The number of amides is 2. The fraction of sp³-hybridized carbons (Fsp3) is 0.350. The first-order valence-corrected chi connectivity index (χ1v) is 9.47. The van der Waals surface area contributed by atoms with E-state index in [-0.39, 0.29) is 24.0 Å². The van der Waals surface area contributed by atoms with Gasteiger partial charge in [0.15, 0.2) is 5.69 Å². The molecule has 2 aromatic heterocycles.